The van der Waals surface area contributed by atoms with Gasteiger partial charge >= 0.3 is 0 Å². The molecule has 0 aliphatic carbocycles. The predicted molar refractivity (Wildman–Crippen MR) is 98.7 cm³/mol. The summed E-state index contributed by atoms with van der Waals surface area (Å²) in [5, 5.41) is 0. The number of likely N-dealkylation sites (N-methyl/N-ethyl adjacent to an activating group) is 1. The number of halogens is 1. The van der Waals surface area contributed by atoms with Gasteiger partial charge in [0.2, 0.25) is 11.9 Å². The van der Waals surface area contributed by atoms with Crippen molar-refractivity contribution >= 4 is 11.9 Å². The summed E-state index contributed by atoms with van der Waals surface area (Å²) in [6.07, 6.45) is 4.60. The molecule has 1 atom stereocenters. The van der Waals surface area contributed by atoms with Gasteiger partial charge in [-0.05, 0) is 37.1 Å². The van der Waals surface area contributed by atoms with Crippen molar-refractivity contribution in [1.29, 1.82) is 0 Å². The van der Waals surface area contributed by atoms with Crippen molar-refractivity contribution in [1.82, 2.24) is 19.8 Å². The summed E-state index contributed by atoms with van der Waals surface area (Å²) in [7, 11) is 3.50. The molecule has 138 valence electrons. The number of rotatable bonds is 4. The van der Waals surface area contributed by atoms with Crippen LogP contribution in [0.15, 0.2) is 30.5 Å². The number of carbonyl (C=O) groups is 1. The van der Waals surface area contributed by atoms with E-state index in [0.29, 0.717) is 12.1 Å². The van der Waals surface area contributed by atoms with E-state index in [0.717, 1.165) is 37.1 Å². The smallest absolute Gasteiger partial charge is 0.236 e. The van der Waals surface area contributed by atoms with Gasteiger partial charge in [0.05, 0.1) is 18.3 Å². The van der Waals surface area contributed by atoms with Crippen LogP contribution in [0.2, 0.25) is 0 Å². The Morgan fingerprint density at radius 2 is 2.19 bits per heavy atom. The zero-order valence-corrected chi connectivity index (χ0v) is 15.2. The molecule has 26 heavy (non-hydrogen) atoms. The van der Waals surface area contributed by atoms with E-state index in [1.807, 2.05) is 6.07 Å². The maximum Gasteiger partial charge on any atom is 0.236 e. The Hall–Kier alpha value is -2.54. The first kappa shape index (κ1) is 18.3. The molecule has 2 heterocycles. The number of nitrogens with two attached hydrogens (primary N) is 1. The zero-order chi connectivity index (χ0) is 18.7. The normalized spacial score (nSPS) is 17.9. The number of carbonyl (C=O) groups excluding carboxylic acids is 1. The quantitative estimate of drug-likeness (QED) is 0.910. The average Bonchev–Trinajstić information content (AvgIpc) is 2.62. The number of piperidine rings is 1. The molecule has 3 rings (SSSR count). The lowest BCUT2D eigenvalue weighted by Crippen LogP contribution is -2.41. The minimum absolute atomic E-state index is 0.0452. The van der Waals surface area contributed by atoms with Crippen LogP contribution in [0, 0.1) is 5.82 Å². The standard InChI is InChI=1S/C19H24FN5O/c1-24(2)17(26)12-25-9-4-3-8-16(25)18-15(11-22-19(21)23-18)13-6-5-7-14(20)10-13/h5-7,10-11,16H,3-4,8-9,12H2,1-2H3,(H2,21,22,23). The number of nitrogens with zero attached hydrogens (tertiary/aromatic N) is 4. The summed E-state index contributed by atoms with van der Waals surface area (Å²) in [6.45, 7) is 1.14. The summed E-state index contributed by atoms with van der Waals surface area (Å²) >= 11 is 0. The van der Waals surface area contributed by atoms with Crippen LogP contribution in [0.5, 0.6) is 0 Å². The van der Waals surface area contributed by atoms with Crippen LogP contribution in [-0.2, 0) is 4.79 Å². The first-order valence-corrected chi connectivity index (χ1v) is 8.78. The zero-order valence-electron chi connectivity index (χ0n) is 15.2. The molecule has 6 nitrogen and oxygen atoms in total. The van der Waals surface area contributed by atoms with Crippen LogP contribution >= 0.6 is 0 Å². The lowest BCUT2D eigenvalue weighted by molar-refractivity contribution is -0.130. The van der Waals surface area contributed by atoms with Crippen molar-refractivity contribution in [2.45, 2.75) is 25.3 Å². The molecule has 0 radical (unpaired) electrons. The van der Waals surface area contributed by atoms with Crippen LogP contribution in [0.25, 0.3) is 11.1 Å². The number of hydrogen-bond donors (Lipinski definition) is 1. The molecule has 1 aliphatic rings. The summed E-state index contributed by atoms with van der Waals surface area (Å²) < 4.78 is 13.7. The fourth-order valence-corrected chi connectivity index (χ4v) is 3.35. The van der Waals surface area contributed by atoms with Gasteiger partial charge in [-0.3, -0.25) is 9.69 Å². The molecule has 1 aromatic heterocycles. The molecule has 2 N–H and O–H groups in total. The highest BCUT2D eigenvalue weighted by atomic mass is 19.1. The largest absolute Gasteiger partial charge is 0.368 e. The van der Waals surface area contributed by atoms with Crippen LogP contribution in [0.3, 0.4) is 0 Å². The van der Waals surface area contributed by atoms with Gasteiger partial charge in [0.25, 0.3) is 0 Å². The van der Waals surface area contributed by atoms with Crippen LogP contribution in [0.1, 0.15) is 31.0 Å². The molecule has 1 unspecified atom stereocenters. The van der Waals surface area contributed by atoms with E-state index < -0.39 is 0 Å². The second-order valence-corrected chi connectivity index (χ2v) is 6.81. The molecule has 0 saturated carbocycles. The van der Waals surface area contributed by atoms with Crippen molar-refractivity contribution < 1.29 is 9.18 Å². The molecule has 1 aliphatic heterocycles. The Morgan fingerprint density at radius 3 is 2.92 bits per heavy atom. The summed E-state index contributed by atoms with van der Waals surface area (Å²) in [6, 6.07) is 6.33. The first-order valence-electron chi connectivity index (χ1n) is 8.78. The Balaban J connectivity index is 2.00. The fourth-order valence-electron chi connectivity index (χ4n) is 3.35. The van der Waals surface area contributed by atoms with E-state index in [2.05, 4.69) is 14.9 Å². The lowest BCUT2D eigenvalue weighted by atomic mass is 9.93. The van der Waals surface area contributed by atoms with Gasteiger partial charge in [0.15, 0.2) is 0 Å². The SMILES string of the molecule is CN(C)C(=O)CN1CCCCC1c1nc(N)ncc1-c1cccc(F)c1. The minimum atomic E-state index is -0.312. The number of anilines is 1. The molecular formula is C19H24FN5O. The van der Waals surface area contributed by atoms with E-state index in [9.17, 15) is 9.18 Å². The number of aromatic nitrogens is 2. The monoisotopic (exact) mass is 357 g/mol. The first-order chi connectivity index (χ1) is 12.5. The van der Waals surface area contributed by atoms with Gasteiger partial charge < -0.3 is 10.6 Å². The highest BCUT2D eigenvalue weighted by molar-refractivity contribution is 5.77. The van der Waals surface area contributed by atoms with Gasteiger partial charge in [-0.1, -0.05) is 18.6 Å². The molecule has 1 fully saturated rings. The van der Waals surface area contributed by atoms with Gasteiger partial charge in [0.1, 0.15) is 5.82 Å². The maximum absolute atomic E-state index is 13.7. The van der Waals surface area contributed by atoms with E-state index >= 15 is 0 Å². The second-order valence-electron chi connectivity index (χ2n) is 6.81. The van der Waals surface area contributed by atoms with Crippen molar-refractivity contribution in [2.24, 2.45) is 0 Å². The number of benzene rings is 1. The summed E-state index contributed by atoms with van der Waals surface area (Å²) in [5.41, 5.74) is 8.08. The predicted octanol–water partition coefficient (Wildman–Crippen LogP) is 2.48. The average molecular weight is 357 g/mol. The van der Waals surface area contributed by atoms with Crippen molar-refractivity contribution in [3.05, 3.63) is 42.0 Å². The van der Waals surface area contributed by atoms with Crippen LogP contribution in [0.4, 0.5) is 10.3 Å². The Kier molecular flexibility index (Phi) is 5.46. The Bertz CT molecular complexity index is 795. The number of nitrogen functional groups attached to an aromatic ring is 1. The Labute approximate surface area is 152 Å². The molecule has 1 aromatic carbocycles. The highest BCUT2D eigenvalue weighted by Crippen LogP contribution is 2.35. The number of amides is 1. The molecular weight excluding hydrogens is 333 g/mol. The molecule has 1 amide bonds. The molecule has 7 heteroatoms. The summed E-state index contributed by atoms with van der Waals surface area (Å²) in [5.74, 6) is -0.0793. The van der Waals surface area contributed by atoms with Crippen LogP contribution in [-0.4, -0.2) is 52.9 Å². The van der Waals surface area contributed by atoms with E-state index in [1.54, 1.807) is 31.3 Å². The third-order valence-electron chi connectivity index (χ3n) is 4.74. The van der Waals surface area contributed by atoms with Gasteiger partial charge in [-0.25, -0.2) is 14.4 Å². The highest BCUT2D eigenvalue weighted by Gasteiger charge is 2.29. The topological polar surface area (TPSA) is 75.4 Å². The molecule has 2 aromatic rings. The molecule has 1 saturated heterocycles. The van der Waals surface area contributed by atoms with Crippen molar-refractivity contribution in [2.75, 3.05) is 32.9 Å². The number of likely N-dealkylation sites (tertiary alicyclic amines) is 1. The maximum atomic E-state index is 13.7. The third kappa shape index (κ3) is 3.99. The van der Waals surface area contributed by atoms with Gasteiger partial charge in [0, 0.05) is 25.9 Å². The minimum Gasteiger partial charge on any atom is -0.368 e. The van der Waals surface area contributed by atoms with E-state index in [1.165, 1.54) is 12.1 Å². The van der Waals surface area contributed by atoms with Gasteiger partial charge in [-0.15, -0.1) is 0 Å². The molecule has 0 spiro atoms. The fraction of sp³-hybridized carbons (Fsp3) is 0.421. The number of hydrogen-bond acceptors (Lipinski definition) is 5. The van der Waals surface area contributed by atoms with Crippen molar-refractivity contribution in [3.8, 4) is 11.1 Å². The third-order valence-corrected chi connectivity index (χ3v) is 4.74. The Morgan fingerprint density at radius 1 is 1.38 bits per heavy atom. The second kappa shape index (κ2) is 7.78. The van der Waals surface area contributed by atoms with E-state index in [4.69, 9.17) is 5.73 Å². The summed E-state index contributed by atoms with van der Waals surface area (Å²) in [4.78, 5) is 24.5. The van der Waals surface area contributed by atoms with Crippen LogP contribution < -0.4 is 5.73 Å². The lowest BCUT2D eigenvalue weighted by Gasteiger charge is -2.36. The van der Waals surface area contributed by atoms with Crippen molar-refractivity contribution in [3.63, 3.8) is 0 Å². The van der Waals surface area contributed by atoms with E-state index in [-0.39, 0.29) is 23.7 Å². The molecule has 0 bridgehead atoms. The van der Waals surface area contributed by atoms with Gasteiger partial charge in [-0.2, -0.15) is 0 Å².